The standard InChI is InChI=1S/C11H17N3/c1-14-10(3-7-13-14)11(4-5-11)9-2-6-12-8-9/h3,7,9,12H,2,4-6,8H2,1H3. The topological polar surface area (TPSA) is 29.9 Å². The number of rotatable bonds is 2. The molecule has 0 aromatic carbocycles. The van der Waals surface area contributed by atoms with Gasteiger partial charge in [0.05, 0.1) is 0 Å². The molecule has 2 heterocycles. The molecule has 0 bridgehead atoms. The third kappa shape index (κ3) is 1.05. The van der Waals surface area contributed by atoms with Gasteiger partial charge in [-0.3, -0.25) is 4.68 Å². The first-order valence-corrected chi connectivity index (χ1v) is 5.52. The minimum Gasteiger partial charge on any atom is -0.316 e. The fourth-order valence-corrected chi connectivity index (χ4v) is 3.00. The van der Waals surface area contributed by atoms with E-state index in [2.05, 4.69) is 28.2 Å². The molecular formula is C11H17N3. The SMILES string of the molecule is Cn1nccc1C1(C2CCNC2)CC1. The van der Waals surface area contributed by atoms with E-state index in [9.17, 15) is 0 Å². The monoisotopic (exact) mass is 191 g/mol. The summed E-state index contributed by atoms with van der Waals surface area (Å²) in [6.07, 6.45) is 5.99. The Labute approximate surface area is 84.5 Å². The molecule has 1 aromatic heterocycles. The second kappa shape index (κ2) is 2.83. The van der Waals surface area contributed by atoms with Gasteiger partial charge in [0.1, 0.15) is 0 Å². The van der Waals surface area contributed by atoms with Crippen LogP contribution in [-0.2, 0) is 12.5 Å². The van der Waals surface area contributed by atoms with E-state index < -0.39 is 0 Å². The average molecular weight is 191 g/mol. The van der Waals surface area contributed by atoms with E-state index in [0.717, 1.165) is 5.92 Å². The van der Waals surface area contributed by atoms with E-state index in [1.54, 1.807) is 0 Å². The molecule has 1 N–H and O–H groups in total. The highest BCUT2D eigenvalue weighted by molar-refractivity contribution is 5.26. The number of nitrogens with one attached hydrogen (secondary N) is 1. The fourth-order valence-electron chi connectivity index (χ4n) is 3.00. The summed E-state index contributed by atoms with van der Waals surface area (Å²) in [5.74, 6) is 0.845. The zero-order valence-electron chi connectivity index (χ0n) is 8.66. The molecule has 1 saturated heterocycles. The minimum absolute atomic E-state index is 0.481. The van der Waals surface area contributed by atoms with Crippen molar-refractivity contribution in [2.45, 2.75) is 24.7 Å². The molecule has 0 spiro atoms. The van der Waals surface area contributed by atoms with E-state index >= 15 is 0 Å². The van der Waals surface area contributed by atoms with E-state index in [4.69, 9.17) is 0 Å². The summed E-state index contributed by atoms with van der Waals surface area (Å²) in [4.78, 5) is 0. The summed E-state index contributed by atoms with van der Waals surface area (Å²) >= 11 is 0. The Bertz CT molecular complexity index is 332. The predicted molar refractivity (Wildman–Crippen MR) is 55.1 cm³/mol. The van der Waals surface area contributed by atoms with Crippen LogP contribution in [0.1, 0.15) is 25.0 Å². The van der Waals surface area contributed by atoms with E-state index in [1.807, 2.05) is 6.20 Å². The van der Waals surface area contributed by atoms with Crippen LogP contribution in [0.2, 0.25) is 0 Å². The maximum absolute atomic E-state index is 4.29. The van der Waals surface area contributed by atoms with Gasteiger partial charge in [0.2, 0.25) is 0 Å². The zero-order valence-corrected chi connectivity index (χ0v) is 8.66. The first-order valence-electron chi connectivity index (χ1n) is 5.52. The van der Waals surface area contributed by atoms with Crippen molar-refractivity contribution in [2.75, 3.05) is 13.1 Å². The highest BCUT2D eigenvalue weighted by atomic mass is 15.3. The zero-order chi connectivity index (χ0) is 9.60. The van der Waals surface area contributed by atoms with Crippen LogP contribution in [0.25, 0.3) is 0 Å². The van der Waals surface area contributed by atoms with E-state index in [1.165, 1.54) is 38.0 Å². The van der Waals surface area contributed by atoms with Crippen molar-refractivity contribution in [3.8, 4) is 0 Å². The Morgan fingerprint density at radius 2 is 2.43 bits per heavy atom. The lowest BCUT2D eigenvalue weighted by Crippen LogP contribution is -2.25. The molecule has 1 unspecified atom stereocenters. The summed E-state index contributed by atoms with van der Waals surface area (Å²) in [6.45, 7) is 2.40. The smallest absolute Gasteiger partial charge is 0.0492 e. The van der Waals surface area contributed by atoms with Crippen molar-refractivity contribution < 1.29 is 0 Å². The van der Waals surface area contributed by atoms with Gasteiger partial charge < -0.3 is 5.32 Å². The van der Waals surface area contributed by atoms with Crippen molar-refractivity contribution in [3.63, 3.8) is 0 Å². The number of aromatic nitrogens is 2. The lowest BCUT2D eigenvalue weighted by Gasteiger charge is -2.22. The van der Waals surface area contributed by atoms with Gasteiger partial charge in [-0.2, -0.15) is 5.10 Å². The van der Waals surface area contributed by atoms with Gasteiger partial charge in [-0.05, 0) is 44.3 Å². The van der Waals surface area contributed by atoms with Crippen LogP contribution < -0.4 is 5.32 Å². The molecule has 1 saturated carbocycles. The Kier molecular flexibility index (Phi) is 1.71. The Hall–Kier alpha value is -0.830. The first-order chi connectivity index (χ1) is 6.83. The van der Waals surface area contributed by atoms with Crippen molar-refractivity contribution in [1.29, 1.82) is 0 Å². The first kappa shape index (κ1) is 8.48. The molecule has 0 radical (unpaired) electrons. The number of nitrogens with zero attached hydrogens (tertiary/aromatic N) is 2. The summed E-state index contributed by atoms with van der Waals surface area (Å²) in [5.41, 5.74) is 1.93. The molecule has 1 aliphatic carbocycles. The molecule has 2 fully saturated rings. The summed E-state index contributed by atoms with van der Waals surface area (Å²) < 4.78 is 2.06. The molecule has 3 nitrogen and oxygen atoms in total. The van der Waals surface area contributed by atoms with Crippen LogP contribution in [0.4, 0.5) is 0 Å². The Morgan fingerprint density at radius 3 is 2.93 bits per heavy atom. The molecule has 2 aliphatic rings. The Balaban J connectivity index is 1.93. The van der Waals surface area contributed by atoms with Crippen LogP contribution in [0.15, 0.2) is 12.3 Å². The highest BCUT2D eigenvalue weighted by Gasteiger charge is 2.52. The van der Waals surface area contributed by atoms with Gasteiger partial charge in [-0.15, -0.1) is 0 Å². The fraction of sp³-hybridized carbons (Fsp3) is 0.727. The molecule has 14 heavy (non-hydrogen) atoms. The third-order valence-corrected chi connectivity index (χ3v) is 3.96. The van der Waals surface area contributed by atoms with Crippen molar-refractivity contribution in [1.82, 2.24) is 15.1 Å². The molecule has 1 aromatic rings. The van der Waals surface area contributed by atoms with Crippen LogP contribution >= 0.6 is 0 Å². The lowest BCUT2D eigenvalue weighted by atomic mass is 9.85. The summed E-state index contributed by atoms with van der Waals surface area (Å²) in [6, 6.07) is 2.20. The maximum Gasteiger partial charge on any atom is 0.0492 e. The lowest BCUT2D eigenvalue weighted by molar-refractivity contribution is 0.414. The van der Waals surface area contributed by atoms with Crippen LogP contribution in [0.3, 0.4) is 0 Å². The Morgan fingerprint density at radius 1 is 1.57 bits per heavy atom. The van der Waals surface area contributed by atoms with E-state index in [0.29, 0.717) is 5.41 Å². The molecule has 3 heteroatoms. The quantitative estimate of drug-likeness (QED) is 0.757. The van der Waals surface area contributed by atoms with Gasteiger partial charge in [0.15, 0.2) is 0 Å². The molecule has 1 aliphatic heterocycles. The number of hydrogen-bond acceptors (Lipinski definition) is 2. The van der Waals surface area contributed by atoms with Gasteiger partial charge in [0, 0.05) is 24.4 Å². The molecular weight excluding hydrogens is 174 g/mol. The van der Waals surface area contributed by atoms with Crippen molar-refractivity contribution >= 4 is 0 Å². The predicted octanol–water partition coefficient (Wildman–Crippen LogP) is 1.06. The van der Waals surface area contributed by atoms with Crippen LogP contribution in [-0.4, -0.2) is 22.9 Å². The third-order valence-electron chi connectivity index (χ3n) is 3.96. The average Bonchev–Trinajstić information content (AvgIpc) is 2.69. The highest BCUT2D eigenvalue weighted by Crippen LogP contribution is 2.55. The van der Waals surface area contributed by atoms with Crippen molar-refractivity contribution in [2.24, 2.45) is 13.0 Å². The molecule has 1 atom stereocenters. The van der Waals surface area contributed by atoms with Crippen molar-refractivity contribution in [3.05, 3.63) is 18.0 Å². The van der Waals surface area contributed by atoms with Crippen LogP contribution in [0, 0.1) is 5.92 Å². The maximum atomic E-state index is 4.29. The van der Waals surface area contributed by atoms with Gasteiger partial charge in [-0.1, -0.05) is 0 Å². The summed E-state index contributed by atoms with van der Waals surface area (Å²) in [5, 5.41) is 7.76. The summed E-state index contributed by atoms with van der Waals surface area (Å²) in [7, 11) is 2.07. The second-order valence-corrected chi connectivity index (χ2v) is 4.69. The van der Waals surface area contributed by atoms with E-state index in [-0.39, 0.29) is 0 Å². The normalized spacial score (nSPS) is 29.4. The number of hydrogen-bond donors (Lipinski definition) is 1. The molecule has 0 amide bonds. The largest absolute Gasteiger partial charge is 0.316 e. The molecule has 3 rings (SSSR count). The number of aryl methyl sites for hydroxylation is 1. The van der Waals surface area contributed by atoms with Gasteiger partial charge >= 0.3 is 0 Å². The minimum atomic E-state index is 0.481. The second-order valence-electron chi connectivity index (χ2n) is 4.69. The molecule has 76 valence electrons. The van der Waals surface area contributed by atoms with Gasteiger partial charge in [-0.25, -0.2) is 0 Å². The van der Waals surface area contributed by atoms with Crippen LogP contribution in [0.5, 0.6) is 0 Å². The van der Waals surface area contributed by atoms with Gasteiger partial charge in [0.25, 0.3) is 0 Å².